The molecule has 13 heavy (non-hydrogen) atoms. The van der Waals surface area contributed by atoms with Gasteiger partial charge in [-0.3, -0.25) is 4.79 Å². The number of amides is 1. The zero-order valence-electron chi connectivity index (χ0n) is 8.02. The van der Waals surface area contributed by atoms with Crippen molar-refractivity contribution in [1.82, 2.24) is 10.6 Å². The molecule has 0 aromatic carbocycles. The Morgan fingerprint density at radius 1 is 1.54 bits per heavy atom. The molecule has 3 heteroatoms. The van der Waals surface area contributed by atoms with E-state index in [9.17, 15) is 4.79 Å². The molecule has 0 unspecified atom stereocenters. The summed E-state index contributed by atoms with van der Waals surface area (Å²) in [5.74, 6) is 5.92. The first-order valence-electron chi connectivity index (χ1n) is 4.72. The molecule has 0 spiro atoms. The molecule has 1 saturated heterocycles. The van der Waals surface area contributed by atoms with Crippen LogP contribution >= 0.6 is 0 Å². The summed E-state index contributed by atoms with van der Waals surface area (Å²) in [4.78, 5) is 11.5. The Kier molecular flexibility index (Phi) is 4.34. The Hall–Kier alpha value is -1.01. The predicted molar refractivity (Wildman–Crippen MR) is 52.1 cm³/mol. The molecule has 0 aliphatic carbocycles. The molecular formula is C10H16N2O. The van der Waals surface area contributed by atoms with Gasteiger partial charge in [0.2, 0.25) is 5.91 Å². The average Bonchev–Trinajstić information content (AvgIpc) is 2.19. The molecule has 3 nitrogen and oxygen atoms in total. The van der Waals surface area contributed by atoms with Crippen molar-refractivity contribution in [3.05, 3.63) is 0 Å². The van der Waals surface area contributed by atoms with Gasteiger partial charge in [-0.25, -0.2) is 0 Å². The molecule has 0 aromatic rings. The summed E-state index contributed by atoms with van der Waals surface area (Å²) in [5, 5.41) is 6.04. The van der Waals surface area contributed by atoms with Crippen molar-refractivity contribution in [2.45, 2.75) is 19.8 Å². The largest absolute Gasteiger partial charge is 0.345 e. The highest BCUT2D eigenvalue weighted by Crippen LogP contribution is 2.10. The molecule has 0 saturated carbocycles. The van der Waals surface area contributed by atoms with Gasteiger partial charge in [-0.1, -0.05) is 5.92 Å². The fourth-order valence-corrected chi connectivity index (χ4v) is 1.45. The lowest BCUT2D eigenvalue weighted by molar-refractivity contribution is -0.125. The van der Waals surface area contributed by atoms with Crippen LogP contribution in [0.4, 0.5) is 0 Å². The average molecular weight is 180 g/mol. The Morgan fingerprint density at radius 3 is 2.85 bits per heavy atom. The second-order valence-corrected chi connectivity index (χ2v) is 3.17. The number of rotatable bonds is 2. The SMILES string of the molecule is CC#CCNC(=O)C1CCNCC1. The molecule has 0 atom stereocenters. The lowest BCUT2D eigenvalue weighted by Crippen LogP contribution is -2.38. The van der Waals surface area contributed by atoms with Crippen LogP contribution in [-0.4, -0.2) is 25.5 Å². The number of hydrogen-bond acceptors (Lipinski definition) is 2. The van der Waals surface area contributed by atoms with E-state index >= 15 is 0 Å². The van der Waals surface area contributed by atoms with E-state index in [-0.39, 0.29) is 11.8 Å². The fraction of sp³-hybridized carbons (Fsp3) is 0.700. The second-order valence-electron chi connectivity index (χ2n) is 3.17. The molecule has 1 amide bonds. The van der Waals surface area contributed by atoms with Crippen molar-refractivity contribution in [3.63, 3.8) is 0 Å². The second kappa shape index (κ2) is 5.60. The van der Waals surface area contributed by atoms with E-state index in [4.69, 9.17) is 0 Å². The highest BCUT2D eigenvalue weighted by molar-refractivity contribution is 5.78. The minimum Gasteiger partial charge on any atom is -0.345 e. The van der Waals surface area contributed by atoms with Gasteiger partial charge in [0.25, 0.3) is 0 Å². The maximum atomic E-state index is 11.5. The molecule has 1 rings (SSSR count). The summed E-state index contributed by atoms with van der Waals surface area (Å²) in [5.41, 5.74) is 0. The van der Waals surface area contributed by atoms with E-state index in [1.54, 1.807) is 6.92 Å². The van der Waals surface area contributed by atoms with Crippen LogP contribution in [0.2, 0.25) is 0 Å². The van der Waals surface area contributed by atoms with E-state index in [1.165, 1.54) is 0 Å². The molecule has 1 aliphatic rings. The van der Waals surface area contributed by atoms with Crippen LogP contribution < -0.4 is 10.6 Å². The lowest BCUT2D eigenvalue weighted by atomic mass is 9.97. The van der Waals surface area contributed by atoms with E-state index in [0.717, 1.165) is 25.9 Å². The standard InChI is InChI=1S/C10H16N2O/c1-2-3-6-12-10(13)9-4-7-11-8-5-9/h9,11H,4-8H2,1H3,(H,12,13). The van der Waals surface area contributed by atoms with Crippen LogP contribution in [-0.2, 0) is 4.79 Å². The van der Waals surface area contributed by atoms with E-state index < -0.39 is 0 Å². The maximum Gasteiger partial charge on any atom is 0.223 e. The van der Waals surface area contributed by atoms with Crippen molar-refractivity contribution >= 4 is 5.91 Å². The fourth-order valence-electron chi connectivity index (χ4n) is 1.45. The quantitative estimate of drug-likeness (QED) is 0.593. The predicted octanol–water partition coefficient (Wildman–Crippen LogP) is 0.125. The Balaban J connectivity index is 2.23. The van der Waals surface area contributed by atoms with Crippen LogP contribution in [0.15, 0.2) is 0 Å². The van der Waals surface area contributed by atoms with Crippen molar-refractivity contribution in [3.8, 4) is 11.8 Å². The zero-order chi connectivity index (χ0) is 9.52. The lowest BCUT2D eigenvalue weighted by Gasteiger charge is -2.21. The smallest absolute Gasteiger partial charge is 0.223 e. The zero-order valence-corrected chi connectivity index (χ0v) is 8.02. The third kappa shape index (κ3) is 3.47. The van der Waals surface area contributed by atoms with Crippen LogP contribution in [0.3, 0.4) is 0 Å². The summed E-state index contributed by atoms with van der Waals surface area (Å²) in [6, 6.07) is 0. The van der Waals surface area contributed by atoms with E-state index in [1.807, 2.05) is 0 Å². The van der Waals surface area contributed by atoms with E-state index in [2.05, 4.69) is 22.5 Å². The molecule has 0 radical (unpaired) electrons. The molecule has 72 valence electrons. The summed E-state index contributed by atoms with van der Waals surface area (Å²) >= 11 is 0. The number of hydrogen-bond donors (Lipinski definition) is 2. The summed E-state index contributed by atoms with van der Waals surface area (Å²) < 4.78 is 0. The molecule has 1 aliphatic heterocycles. The third-order valence-corrected chi connectivity index (χ3v) is 2.24. The van der Waals surface area contributed by atoms with Gasteiger partial charge in [0, 0.05) is 5.92 Å². The first kappa shape index (κ1) is 10.1. The van der Waals surface area contributed by atoms with Gasteiger partial charge in [0.05, 0.1) is 6.54 Å². The van der Waals surface area contributed by atoms with Crippen molar-refractivity contribution < 1.29 is 4.79 Å². The minimum absolute atomic E-state index is 0.157. The molecular weight excluding hydrogens is 164 g/mol. The van der Waals surface area contributed by atoms with Gasteiger partial charge >= 0.3 is 0 Å². The minimum atomic E-state index is 0.157. The molecule has 2 N–H and O–H groups in total. The van der Waals surface area contributed by atoms with Crippen LogP contribution in [0.5, 0.6) is 0 Å². The van der Waals surface area contributed by atoms with Crippen LogP contribution in [0.25, 0.3) is 0 Å². The van der Waals surface area contributed by atoms with Gasteiger partial charge in [-0.05, 0) is 32.9 Å². The summed E-state index contributed by atoms with van der Waals surface area (Å²) in [6.07, 6.45) is 1.90. The van der Waals surface area contributed by atoms with Gasteiger partial charge < -0.3 is 10.6 Å². The Bertz CT molecular complexity index is 221. The summed E-state index contributed by atoms with van der Waals surface area (Å²) in [6.45, 7) is 4.17. The summed E-state index contributed by atoms with van der Waals surface area (Å²) in [7, 11) is 0. The van der Waals surface area contributed by atoms with Gasteiger partial charge in [-0.15, -0.1) is 5.92 Å². The normalized spacial score (nSPS) is 17.3. The van der Waals surface area contributed by atoms with Crippen molar-refractivity contribution in [1.29, 1.82) is 0 Å². The third-order valence-electron chi connectivity index (χ3n) is 2.24. The number of carbonyl (C=O) groups excluding carboxylic acids is 1. The number of piperidine rings is 1. The first-order valence-corrected chi connectivity index (χ1v) is 4.72. The highest BCUT2D eigenvalue weighted by atomic mass is 16.1. The Morgan fingerprint density at radius 2 is 2.23 bits per heavy atom. The van der Waals surface area contributed by atoms with Crippen LogP contribution in [0, 0.1) is 17.8 Å². The van der Waals surface area contributed by atoms with Gasteiger partial charge in [0.1, 0.15) is 0 Å². The first-order chi connectivity index (χ1) is 6.34. The van der Waals surface area contributed by atoms with Crippen LogP contribution in [0.1, 0.15) is 19.8 Å². The van der Waals surface area contributed by atoms with Gasteiger partial charge in [0.15, 0.2) is 0 Å². The van der Waals surface area contributed by atoms with Crippen molar-refractivity contribution in [2.24, 2.45) is 5.92 Å². The molecule has 1 heterocycles. The number of nitrogens with one attached hydrogen (secondary N) is 2. The molecule has 1 fully saturated rings. The highest BCUT2D eigenvalue weighted by Gasteiger charge is 2.19. The monoisotopic (exact) mass is 180 g/mol. The van der Waals surface area contributed by atoms with Gasteiger partial charge in [-0.2, -0.15) is 0 Å². The molecule has 0 aromatic heterocycles. The van der Waals surface area contributed by atoms with E-state index in [0.29, 0.717) is 6.54 Å². The maximum absolute atomic E-state index is 11.5. The number of carbonyl (C=O) groups is 1. The Labute approximate surface area is 79.3 Å². The topological polar surface area (TPSA) is 41.1 Å². The van der Waals surface area contributed by atoms with Crippen molar-refractivity contribution in [2.75, 3.05) is 19.6 Å². The molecule has 0 bridgehead atoms.